The number of aryl methyl sites for hydroxylation is 1. The van der Waals surface area contributed by atoms with Crippen molar-refractivity contribution < 1.29 is 4.74 Å². The van der Waals surface area contributed by atoms with Gasteiger partial charge in [0.05, 0.1) is 6.61 Å². The molecule has 0 radical (unpaired) electrons. The Morgan fingerprint density at radius 1 is 1.42 bits per heavy atom. The molecule has 3 heteroatoms. The van der Waals surface area contributed by atoms with Gasteiger partial charge in [0, 0.05) is 12.6 Å². The summed E-state index contributed by atoms with van der Waals surface area (Å²) in [4.78, 5) is 0. The minimum atomic E-state index is 0.299. The summed E-state index contributed by atoms with van der Waals surface area (Å²) < 4.78 is 5.69. The summed E-state index contributed by atoms with van der Waals surface area (Å²) in [6.07, 6.45) is 3.59. The predicted octanol–water partition coefficient (Wildman–Crippen LogP) is 2.22. The van der Waals surface area contributed by atoms with Gasteiger partial charge in [0.25, 0.3) is 0 Å². The molecule has 4 atom stereocenters. The lowest BCUT2D eigenvalue weighted by molar-refractivity contribution is 0.104. The van der Waals surface area contributed by atoms with E-state index in [1.807, 2.05) is 0 Å². The first-order chi connectivity index (χ1) is 9.36. The van der Waals surface area contributed by atoms with Gasteiger partial charge in [-0.2, -0.15) is 0 Å². The van der Waals surface area contributed by atoms with Crippen LogP contribution < -0.4 is 11.3 Å². The molecule has 0 heterocycles. The van der Waals surface area contributed by atoms with E-state index in [0.717, 1.165) is 25.6 Å². The van der Waals surface area contributed by atoms with Crippen LogP contribution in [0.4, 0.5) is 0 Å². The molecule has 0 aliphatic heterocycles. The highest BCUT2D eigenvalue weighted by atomic mass is 16.5. The van der Waals surface area contributed by atoms with E-state index in [1.165, 1.54) is 18.4 Å². The maximum atomic E-state index is 5.74. The van der Waals surface area contributed by atoms with Gasteiger partial charge in [-0.1, -0.05) is 31.2 Å². The highest BCUT2D eigenvalue weighted by molar-refractivity contribution is 5.40. The Labute approximate surface area is 115 Å². The first-order valence-electron chi connectivity index (χ1n) is 7.48. The van der Waals surface area contributed by atoms with Crippen LogP contribution in [0.5, 0.6) is 0 Å². The fourth-order valence-corrected chi connectivity index (χ4v) is 3.79. The maximum Gasteiger partial charge on any atom is 0.0636 e. The van der Waals surface area contributed by atoms with Crippen LogP contribution in [-0.2, 0) is 11.2 Å². The monoisotopic (exact) mass is 260 g/mol. The lowest BCUT2D eigenvalue weighted by Gasteiger charge is -2.16. The lowest BCUT2D eigenvalue weighted by atomic mass is 9.92. The topological polar surface area (TPSA) is 47.3 Å². The van der Waals surface area contributed by atoms with E-state index in [0.29, 0.717) is 17.9 Å². The number of ether oxygens (including phenoxy) is 1. The number of hydrogen-bond donors (Lipinski definition) is 2. The highest BCUT2D eigenvalue weighted by Crippen LogP contribution is 2.61. The van der Waals surface area contributed by atoms with E-state index >= 15 is 0 Å². The second-order valence-electron chi connectivity index (χ2n) is 5.85. The zero-order chi connectivity index (χ0) is 13.2. The third-order valence-electron chi connectivity index (χ3n) is 4.72. The summed E-state index contributed by atoms with van der Waals surface area (Å²) in [5.74, 6) is 7.91. The Kier molecular flexibility index (Phi) is 3.87. The molecule has 19 heavy (non-hydrogen) atoms. The van der Waals surface area contributed by atoms with Crippen molar-refractivity contribution in [2.45, 2.75) is 38.1 Å². The van der Waals surface area contributed by atoms with Crippen LogP contribution in [0.15, 0.2) is 24.3 Å². The molecule has 0 bridgehead atoms. The van der Waals surface area contributed by atoms with Crippen LogP contribution in [0.1, 0.15) is 36.8 Å². The van der Waals surface area contributed by atoms with Gasteiger partial charge >= 0.3 is 0 Å². The number of hydrogen-bond acceptors (Lipinski definition) is 3. The Balaban J connectivity index is 1.68. The van der Waals surface area contributed by atoms with Gasteiger partial charge < -0.3 is 4.74 Å². The molecule has 3 rings (SSSR count). The van der Waals surface area contributed by atoms with Gasteiger partial charge in [-0.3, -0.25) is 11.3 Å². The average Bonchev–Trinajstić information content (AvgIpc) is 3.18. The van der Waals surface area contributed by atoms with Crippen molar-refractivity contribution in [2.75, 3.05) is 13.2 Å². The van der Waals surface area contributed by atoms with Crippen LogP contribution in [0.3, 0.4) is 0 Å². The molecule has 0 spiro atoms. The number of rotatable bonds is 6. The first-order valence-corrected chi connectivity index (χ1v) is 7.48. The van der Waals surface area contributed by atoms with E-state index in [2.05, 4.69) is 36.6 Å². The van der Waals surface area contributed by atoms with Gasteiger partial charge in [-0.25, -0.2) is 0 Å². The second-order valence-corrected chi connectivity index (χ2v) is 5.85. The number of nitrogens with one attached hydrogen (secondary N) is 1. The van der Waals surface area contributed by atoms with E-state index < -0.39 is 0 Å². The normalized spacial score (nSPS) is 29.5. The quantitative estimate of drug-likeness (QED) is 0.468. The molecule has 1 aromatic carbocycles. The Hall–Kier alpha value is -0.900. The standard InChI is InChI=1S/C16H24N2O/c1-2-9-19-10-14(18-17)16-13-8-7-11-5-3-4-6-12(11)15(13)16/h3-6,13-16,18H,2,7-10,17H2,1H3. The summed E-state index contributed by atoms with van der Waals surface area (Å²) in [7, 11) is 0. The summed E-state index contributed by atoms with van der Waals surface area (Å²) >= 11 is 0. The van der Waals surface area contributed by atoms with Crippen molar-refractivity contribution in [3.63, 3.8) is 0 Å². The van der Waals surface area contributed by atoms with Gasteiger partial charge in [-0.05, 0) is 48.1 Å². The largest absolute Gasteiger partial charge is 0.380 e. The van der Waals surface area contributed by atoms with Crippen LogP contribution >= 0.6 is 0 Å². The summed E-state index contributed by atoms with van der Waals surface area (Å²) in [5.41, 5.74) is 6.08. The molecule has 1 fully saturated rings. The summed E-state index contributed by atoms with van der Waals surface area (Å²) in [5, 5.41) is 0. The molecule has 3 N–H and O–H groups in total. The van der Waals surface area contributed by atoms with Gasteiger partial charge in [-0.15, -0.1) is 0 Å². The number of benzene rings is 1. The molecule has 2 aliphatic carbocycles. The minimum Gasteiger partial charge on any atom is -0.380 e. The Morgan fingerprint density at radius 2 is 2.26 bits per heavy atom. The van der Waals surface area contributed by atoms with Crippen molar-refractivity contribution in [1.82, 2.24) is 5.43 Å². The van der Waals surface area contributed by atoms with Gasteiger partial charge in [0.2, 0.25) is 0 Å². The molecule has 2 aliphatic rings. The molecule has 4 unspecified atom stereocenters. The van der Waals surface area contributed by atoms with Crippen molar-refractivity contribution in [2.24, 2.45) is 17.7 Å². The zero-order valence-corrected chi connectivity index (χ0v) is 11.6. The number of hydrazine groups is 1. The smallest absolute Gasteiger partial charge is 0.0636 e. The molecule has 0 aromatic heterocycles. The number of fused-ring (bicyclic) bond motifs is 3. The molecular formula is C16H24N2O. The van der Waals surface area contributed by atoms with Crippen molar-refractivity contribution in [3.05, 3.63) is 35.4 Å². The fraction of sp³-hybridized carbons (Fsp3) is 0.625. The fourth-order valence-electron chi connectivity index (χ4n) is 3.79. The van der Waals surface area contributed by atoms with E-state index in [9.17, 15) is 0 Å². The molecule has 104 valence electrons. The Morgan fingerprint density at radius 3 is 3.05 bits per heavy atom. The van der Waals surface area contributed by atoms with E-state index in [4.69, 9.17) is 10.6 Å². The highest BCUT2D eigenvalue weighted by Gasteiger charge is 2.56. The van der Waals surface area contributed by atoms with Crippen LogP contribution in [0.25, 0.3) is 0 Å². The van der Waals surface area contributed by atoms with Gasteiger partial charge in [0.15, 0.2) is 0 Å². The zero-order valence-electron chi connectivity index (χ0n) is 11.6. The summed E-state index contributed by atoms with van der Waals surface area (Å²) in [6.45, 7) is 3.71. The van der Waals surface area contributed by atoms with Crippen molar-refractivity contribution in [3.8, 4) is 0 Å². The molecule has 1 aromatic rings. The average molecular weight is 260 g/mol. The maximum absolute atomic E-state index is 5.74. The van der Waals surface area contributed by atoms with Crippen molar-refractivity contribution in [1.29, 1.82) is 0 Å². The molecule has 1 saturated carbocycles. The summed E-state index contributed by atoms with van der Waals surface area (Å²) in [6, 6.07) is 9.19. The van der Waals surface area contributed by atoms with Crippen LogP contribution in [0, 0.1) is 11.8 Å². The number of nitrogens with two attached hydrogens (primary N) is 1. The lowest BCUT2D eigenvalue weighted by Crippen LogP contribution is -2.41. The van der Waals surface area contributed by atoms with E-state index in [1.54, 1.807) is 5.56 Å². The molecule has 0 amide bonds. The first kappa shape index (κ1) is 13.1. The van der Waals surface area contributed by atoms with E-state index in [-0.39, 0.29) is 0 Å². The molecule has 0 saturated heterocycles. The predicted molar refractivity (Wildman–Crippen MR) is 76.7 cm³/mol. The van der Waals surface area contributed by atoms with Crippen LogP contribution in [0.2, 0.25) is 0 Å². The molecular weight excluding hydrogens is 236 g/mol. The second kappa shape index (κ2) is 5.61. The third-order valence-corrected chi connectivity index (χ3v) is 4.72. The Bertz CT molecular complexity index is 435. The third kappa shape index (κ3) is 2.42. The van der Waals surface area contributed by atoms with Crippen molar-refractivity contribution >= 4 is 0 Å². The molecule has 3 nitrogen and oxygen atoms in total. The minimum absolute atomic E-state index is 0.299. The van der Waals surface area contributed by atoms with Crippen LogP contribution in [-0.4, -0.2) is 19.3 Å². The SMILES string of the molecule is CCCOCC(NN)C1C2CCc3ccccc3C21. The van der Waals surface area contributed by atoms with Gasteiger partial charge in [0.1, 0.15) is 0 Å².